The lowest BCUT2D eigenvalue weighted by Crippen LogP contribution is -2.25. The molecular weight excluding hydrogens is 292 g/mol. The van der Waals surface area contributed by atoms with E-state index in [0.717, 1.165) is 17.1 Å². The number of ether oxygens (including phenoxy) is 1. The fourth-order valence-corrected chi connectivity index (χ4v) is 2.72. The summed E-state index contributed by atoms with van der Waals surface area (Å²) in [4.78, 5) is 22.8. The molecule has 1 aliphatic rings. The number of anilines is 2. The minimum absolute atomic E-state index is 0.0276. The molecule has 0 spiro atoms. The third-order valence-electron chi connectivity index (χ3n) is 3.93. The van der Waals surface area contributed by atoms with Gasteiger partial charge in [0.2, 0.25) is 5.91 Å². The predicted octanol–water partition coefficient (Wildman–Crippen LogP) is 2.26. The molecule has 0 aliphatic carbocycles. The molecule has 1 fully saturated rings. The molecule has 0 aromatic carbocycles. The SMILES string of the molecule is CN(C)c1cc(NC(=O)[C@@H]2CCO[C@H]2c2ccncc2)ccn1. The quantitative estimate of drug-likeness (QED) is 0.938. The highest BCUT2D eigenvalue weighted by Crippen LogP contribution is 2.35. The number of hydrogen-bond acceptors (Lipinski definition) is 5. The third-order valence-corrected chi connectivity index (χ3v) is 3.93. The summed E-state index contributed by atoms with van der Waals surface area (Å²) in [6.45, 7) is 0.588. The normalized spacial score (nSPS) is 20.3. The van der Waals surface area contributed by atoms with Crippen molar-refractivity contribution in [1.29, 1.82) is 0 Å². The van der Waals surface area contributed by atoms with Crippen molar-refractivity contribution in [2.24, 2.45) is 5.92 Å². The number of carbonyl (C=O) groups excluding carboxylic acids is 1. The minimum Gasteiger partial charge on any atom is -0.373 e. The zero-order valence-corrected chi connectivity index (χ0v) is 13.3. The van der Waals surface area contributed by atoms with Gasteiger partial charge < -0.3 is 15.0 Å². The van der Waals surface area contributed by atoms with Gasteiger partial charge in [-0.25, -0.2) is 4.98 Å². The molecule has 6 heteroatoms. The van der Waals surface area contributed by atoms with Crippen molar-refractivity contribution >= 4 is 17.4 Å². The van der Waals surface area contributed by atoms with E-state index in [4.69, 9.17) is 4.74 Å². The van der Waals surface area contributed by atoms with Crippen LogP contribution in [0.5, 0.6) is 0 Å². The molecule has 1 N–H and O–H groups in total. The monoisotopic (exact) mass is 312 g/mol. The molecule has 0 saturated carbocycles. The second kappa shape index (κ2) is 6.75. The van der Waals surface area contributed by atoms with Crippen LogP contribution in [0, 0.1) is 5.92 Å². The molecular formula is C17H20N4O2. The Hall–Kier alpha value is -2.47. The molecule has 0 unspecified atom stereocenters. The molecule has 23 heavy (non-hydrogen) atoms. The van der Waals surface area contributed by atoms with Crippen LogP contribution in [0.15, 0.2) is 42.9 Å². The van der Waals surface area contributed by atoms with E-state index in [0.29, 0.717) is 13.0 Å². The summed E-state index contributed by atoms with van der Waals surface area (Å²) in [5.74, 6) is 0.574. The van der Waals surface area contributed by atoms with Crippen molar-refractivity contribution in [1.82, 2.24) is 9.97 Å². The fraction of sp³-hybridized carbons (Fsp3) is 0.353. The van der Waals surface area contributed by atoms with E-state index in [1.807, 2.05) is 37.2 Å². The first-order chi connectivity index (χ1) is 11.1. The minimum atomic E-state index is -0.215. The Morgan fingerprint density at radius 1 is 1.26 bits per heavy atom. The topological polar surface area (TPSA) is 67.4 Å². The van der Waals surface area contributed by atoms with Gasteiger partial charge in [0, 0.05) is 51.0 Å². The molecule has 1 amide bonds. The fourth-order valence-electron chi connectivity index (χ4n) is 2.72. The second-order valence-electron chi connectivity index (χ2n) is 5.75. The summed E-state index contributed by atoms with van der Waals surface area (Å²) in [5.41, 5.74) is 1.73. The van der Waals surface area contributed by atoms with Gasteiger partial charge in [0.25, 0.3) is 0 Å². The van der Waals surface area contributed by atoms with Gasteiger partial charge in [-0.2, -0.15) is 0 Å². The van der Waals surface area contributed by atoms with Crippen LogP contribution in [0.25, 0.3) is 0 Å². The largest absolute Gasteiger partial charge is 0.373 e. The van der Waals surface area contributed by atoms with Crippen molar-refractivity contribution in [3.8, 4) is 0 Å². The molecule has 3 heterocycles. The Morgan fingerprint density at radius 3 is 2.78 bits per heavy atom. The first-order valence-corrected chi connectivity index (χ1v) is 7.61. The number of amides is 1. The zero-order chi connectivity index (χ0) is 16.2. The number of aromatic nitrogens is 2. The van der Waals surface area contributed by atoms with Crippen LogP contribution in [0.2, 0.25) is 0 Å². The van der Waals surface area contributed by atoms with Gasteiger partial charge >= 0.3 is 0 Å². The maximum Gasteiger partial charge on any atom is 0.230 e. The van der Waals surface area contributed by atoms with Crippen LogP contribution < -0.4 is 10.2 Å². The number of nitrogens with zero attached hydrogens (tertiary/aromatic N) is 3. The third kappa shape index (κ3) is 3.48. The van der Waals surface area contributed by atoms with Crippen molar-refractivity contribution in [3.63, 3.8) is 0 Å². The number of carbonyl (C=O) groups is 1. The number of pyridine rings is 2. The van der Waals surface area contributed by atoms with E-state index in [1.54, 1.807) is 24.7 Å². The van der Waals surface area contributed by atoms with Crippen molar-refractivity contribution < 1.29 is 9.53 Å². The van der Waals surface area contributed by atoms with E-state index in [1.165, 1.54) is 0 Å². The van der Waals surface area contributed by atoms with Gasteiger partial charge in [-0.15, -0.1) is 0 Å². The smallest absolute Gasteiger partial charge is 0.230 e. The van der Waals surface area contributed by atoms with E-state index in [-0.39, 0.29) is 17.9 Å². The van der Waals surface area contributed by atoms with Crippen LogP contribution in [-0.2, 0) is 9.53 Å². The van der Waals surface area contributed by atoms with E-state index < -0.39 is 0 Å². The van der Waals surface area contributed by atoms with Gasteiger partial charge in [0.05, 0.1) is 12.0 Å². The Balaban J connectivity index is 1.74. The van der Waals surface area contributed by atoms with Gasteiger partial charge in [0.15, 0.2) is 0 Å². The average molecular weight is 312 g/mol. The van der Waals surface area contributed by atoms with Gasteiger partial charge in [0.1, 0.15) is 5.82 Å². The molecule has 3 rings (SSSR count). The summed E-state index contributed by atoms with van der Waals surface area (Å²) < 4.78 is 5.76. The van der Waals surface area contributed by atoms with Crippen molar-refractivity contribution in [2.75, 3.05) is 30.9 Å². The predicted molar refractivity (Wildman–Crippen MR) is 88.2 cm³/mol. The molecule has 0 bridgehead atoms. The van der Waals surface area contributed by atoms with E-state index in [9.17, 15) is 4.79 Å². The first-order valence-electron chi connectivity index (χ1n) is 7.61. The Morgan fingerprint density at radius 2 is 2.04 bits per heavy atom. The molecule has 0 radical (unpaired) electrons. The standard InChI is InChI=1S/C17H20N4O2/c1-21(2)15-11-13(5-9-19-15)20-17(22)14-6-10-23-16(14)12-3-7-18-8-4-12/h3-5,7-9,11,14,16H,6,10H2,1-2H3,(H,19,20,22)/t14-,16+/m1/s1. The molecule has 120 valence electrons. The molecule has 2 aromatic rings. The summed E-state index contributed by atoms with van der Waals surface area (Å²) >= 11 is 0. The highest BCUT2D eigenvalue weighted by Gasteiger charge is 2.35. The lowest BCUT2D eigenvalue weighted by molar-refractivity contribution is -0.121. The zero-order valence-electron chi connectivity index (χ0n) is 13.3. The van der Waals surface area contributed by atoms with Crippen LogP contribution in [-0.4, -0.2) is 36.6 Å². The van der Waals surface area contributed by atoms with E-state index in [2.05, 4.69) is 15.3 Å². The molecule has 2 atom stereocenters. The van der Waals surface area contributed by atoms with Gasteiger partial charge in [-0.05, 0) is 30.2 Å². The summed E-state index contributed by atoms with van der Waals surface area (Å²) in [7, 11) is 3.83. The van der Waals surface area contributed by atoms with Crippen LogP contribution in [0.4, 0.5) is 11.5 Å². The highest BCUT2D eigenvalue weighted by molar-refractivity contribution is 5.93. The summed E-state index contributed by atoms with van der Waals surface area (Å²) in [6, 6.07) is 7.44. The number of hydrogen-bond donors (Lipinski definition) is 1. The molecule has 1 saturated heterocycles. The first kappa shape index (κ1) is 15.4. The molecule has 1 aliphatic heterocycles. The Labute approximate surface area is 135 Å². The van der Waals surface area contributed by atoms with Crippen LogP contribution in [0.3, 0.4) is 0 Å². The summed E-state index contributed by atoms with van der Waals surface area (Å²) in [6.07, 6.45) is 5.63. The Bertz CT molecular complexity index is 675. The summed E-state index contributed by atoms with van der Waals surface area (Å²) in [5, 5.41) is 2.98. The highest BCUT2D eigenvalue weighted by atomic mass is 16.5. The van der Waals surface area contributed by atoms with Gasteiger partial charge in [-0.3, -0.25) is 9.78 Å². The van der Waals surface area contributed by atoms with Crippen molar-refractivity contribution in [3.05, 3.63) is 48.4 Å². The van der Waals surface area contributed by atoms with Gasteiger partial charge in [-0.1, -0.05) is 0 Å². The van der Waals surface area contributed by atoms with Crippen LogP contribution in [0.1, 0.15) is 18.1 Å². The van der Waals surface area contributed by atoms with Crippen LogP contribution >= 0.6 is 0 Å². The maximum atomic E-state index is 12.6. The number of rotatable bonds is 4. The second-order valence-corrected chi connectivity index (χ2v) is 5.75. The maximum absolute atomic E-state index is 12.6. The lowest BCUT2D eigenvalue weighted by atomic mass is 9.95. The lowest BCUT2D eigenvalue weighted by Gasteiger charge is -2.19. The number of nitrogens with one attached hydrogen (secondary N) is 1. The van der Waals surface area contributed by atoms with Crippen molar-refractivity contribution in [2.45, 2.75) is 12.5 Å². The van der Waals surface area contributed by atoms with E-state index >= 15 is 0 Å². The Kier molecular flexibility index (Phi) is 4.52. The molecule has 6 nitrogen and oxygen atoms in total. The average Bonchev–Trinajstić information content (AvgIpc) is 3.05. The molecule has 2 aromatic heterocycles.